The summed E-state index contributed by atoms with van der Waals surface area (Å²) in [4.78, 5) is 14.1. The van der Waals surface area contributed by atoms with E-state index >= 15 is 0 Å². The number of hydrogen-bond donors (Lipinski definition) is 0. The van der Waals surface area contributed by atoms with Crippen LogP contribution in [0.1, 0.15) is 11.4 Å². The molecule has 2 unspecified atom stereocenters. The molecule has 0 aromatic carbocycles. The van der Waals surface area contributed by atoms with Crippen LogP contribution < -0.4 is 0 Å². The zero-order valence-electron chi connectivity index (χ0n) is 11.6. The van der Waals surface area contributed by atoms with Gasteiger partial charge in [-0.05, 0) is 0 Å². The van der Waals surface area contributed by atoms with Crippen LogP contribution in [0.3, 0.4) is 0 Å². The summed E-state index contributed by atoms with van der Waals surface area (Å²) < 4.78 is 3.03. The summed E-state index contributed by atoms with van der Waals surface area (Å²) in [5, 5.41) is 0. The Morgan fingerprint density at radius 3 is 1.50 bits per heavy atom. The van der Waals surface area contributed by atoms with Gasteiger partial charge < -0.3 is 0 Å². The molecule has 0 saturated heterocycles. The van der Waals surface area contributed by atoms with Gasteiger partial charge >= 0.3 is 129 Å². The van der Waals surface area contributed by atoms with Crippen molar-refractivity contribution in [3.63, 3.8) is 0 Å². The van der Waals surface area contributed by atoms with E-state index in [1.807, 2.05) is 24.5 Å². The van der Waals surface area contributed by atoms with Gasteiger partial charge in [0.05, 0.1) is 0 Å². The molecule has 3 heterocycles. The zero-order valence-corrected chi connectivity index (χ0v) is 15.3. The van der Waals surface area contributed by atoms with Crippen molar-refractivity contribution in [3.8, 4) is 0 Å². The number of nitrogens with zero attached hydrogens (tertiary/aromatic N) is 2. The van der Waals surface area contributed by atoms with E-state index in [2.05, 4.69) is 55.4 Å². The first-order valence-corrected chi connectivity index (χ1v) is 14.3. The summed E-state index contributed by atoms with van der Waals surface area (Å²) in [5.41, 5.74) is 7.12. The summed E-state index contributed by atoms with van der Waals surface area (Å²) in [6, 6.07) is 12.4. The van der Waals surface area contributed by atoms with Gasteiger partial charge in [-0.1, -0.05) is 0 Å². The molecule has 0 N–H and O–H groups in total. The first-order chi connectivity index (χ1) is 9.75. The van der Waals surface area contributed by atoms with E-state index in [0.717, 1.165) is 0 Å². The molecule has 1 aliphatic heterocycles. The van der Waals surface area contributed by atoms with Crippen molar-refractivity contribution < 1.29 is 0 Å². The predicted octanol–water partition coefficient (Wildman–Crippen LogP) is 3.36. The van der Waals surface area contributed by atoms with Crippen LogP contribution in [-0.4, -0.2) is 39.3 Å². The third kappa shape index (κ3) is 2.82. The number of pyridine rings is 2. The van der Waals surface area contributed by atoms with E-state index in [-0.39, 0.29) is 0 Å². The quantitative estimate of drug-likeness (QED) is 0.740. The van der Waals surface area contributed by atoms with Crippen molar-refractivity contribution in [1.82, 2.24) is 9.97 Å². The second-order valence-corrected chi connectivity index (χ2v) is 12.9. The number of rotatable bonds is 2. The Kier molecular flexibility index (Phi) is 4.24. The Labute approximate surface area is 129 Å². The van der Waals surface area contributed by atoms with Crippen molar-refractivity contribution in [2.75, 3.05) is 0 Å². The molecule has 3 rings (SSSR count). The summed E-state index contributed by atoms with van der Waals surface area (Å²) in [6.07, 6.45) is 3.78. The first kappa shape index (κ1) is 13.9. The molecule has 0 aliphatic carbocycles. The molecule has 2 aromatic rings. The molecule has 0 radical (unpaired) electrons. The summed E-state index contributed by atoms with van der Waals surface area (Å²) >= 11 is -2.28. The monoisotopic (exact) mass is 386 g/mol. The second kappa shape index (κ2) is 6.12. The van der Waals surface area contributed by atoms with E-state index in [1.165, 1.54) is 20.1 Å². The van der Waals surface area contributed by atoms with E-state index in [9.17, 15) is 0 Å². The van der Waals surface area contributed by atoms with Crippen LogP contribution in [0.15, 0.2) is 58.5 Å². The van der Waals surface area contributed by atoms with Gasteiger partial charge in [0.25, 0.3) is 0 Å². The van der Waals surface area contributed by atoms with Crippen LogP contribution in [-0.2, 0) is 0 Å². The van der Waals surface area contributed by atoms with Crippen molar-refractivity contribution in [3.05, 3.63) is 69.9 Å². The molecule has 4 heteroatoms. The van der Waals surface area contributed by atoms with Gasteiger partial charge in [0.1, 0.15) is 0 Å². The summed E-state index contributed by atoms with van der Waals surface area (Å²) in [6.45, 7) is 0. The summed E-state index contributed by atoms with van der Waals surface area (Å²) in [5.74, 6) is 0. The van der Waals surface area contributed by atoms with Crippen LogP contribution >= 0.6 is 0 Å². The Morgan fingerprint density at radius 1 is 0.700 bits per heavy atom. The van der Waals surface area contributed by atoms with Crippen molar-refractivity contribution in [2.24, 2.45) is 0 Å². The Morgan fingerprint density at radius 2 is 1.15 bits per heavy atom. The van der Waals surface area contributed by atoms with Gasteiger partial charge in [0.15, 0.2) is 0 Å². The minimum atomic E-state index is -1.14. The molecule has 100 valence electrons. The first-order valence-electron chi connectivity index (χ1n) is 6.48. The molecule has 1 aliphatic rings. The van der Waals surface area contributed by atoms with Gasteiger partial charge in [0.2, 0.25) is 0 Å². The standard InChI is InChI=1S/C16H16As2N2/c1-17-11-14(16-8-4-6-10-20-16)18(2)12-13(17)15-7-3-5-9-19-15/h3-12H,1-2H3. The van der Waals surface area contributed by atoms with Crippen molar-refractivity contribution in [2.45, 2.75) is 11.4 Å². The van der Waals surface area contributed by atoms with Crippen molar-refractivity contribution in [1.29, 1.82) is 0 Å². The van der Waals surface area contributed by atoms with Gasteiger partial charge in [0, 0.05) is 0 Å². The topological polar surface area (TPSA) is 25.8 Å². The Hall–Kier alpha value is -1.10. The van der Waals surface area contributed by atoms with Gasteiger partial charge in [-0.3, -0.25) is 0 Å². The van der Waals surface area contributed by atoms with Crippen LogP contribution in [0.4, 0.5) is 0 Å². The average Bonchev–Trinajstić information content (AvgIpc) is 2.51. The van der Waals surface area contributed by atoms with Crippen LogP contribution in [0.25, 0.3) is 8.72 Å². The van der Waals surface area contributed by atoms with E-state index < -0.39 is 29.3 Å². The molecule has 20 heavy (non-hydrogen) atoms. The molecule has 2 aromatic heterocycles. The third-order valence-electron chi connectivity index (χ3n) is 3.25. The van der Waals surface area contributed by atoms with Crippen LogP contribution in [0.5, 0.6) is 0 Å². The zero-order chi connectivity index (χ0) is 13.9. The SMILES string of the molecule is C[As]1C=C(c2ccccn2)[As](C)C=C1c1ccccn1. The van der Waals surface area contributed by atoms with Gasteiger partial charge in [-0.15, -0.1) is 0 Å². The second-order valence-electron chi connectivity index (χ2n) is 4.68. The molecule has 2 atom stereocenters. The Balaban J connectivity index is 1.95. The fourth-order valence-electron chi connectivity index (χ4n) is 2.21. The van der Waals surface area contributed by atoms with Crippen LogP contribution in [0.2, 0.25) is 11.4 Å². The average molecular weight is 386 g/mol. The third-order valence-corrected chi connectivity index (χ3v) is 12.6. The van der Waals surface area contributed by atoms with Gasteiger partial charge in [-0.2, -0.15) is 0 Å². The maximum absolute atomic E-state index is 4.53. The molecule has 0 bridgehead atoms. The number of hydrogen-bond acceptors (Lipinski definition) is 2. The number of aromatic nitrogens is 2. The normalized spacial score (nSPS) is 22.1. The predicted molar refractivity (Wildman–Crippen MR) is 87.7 cm³/mol. The molecular formula is C16H16As2N2. The molecule has 2 nitrogen and oxygen atoms in total. The van der Waals surface area contributed by atoms with Crippen LogP contribution in [0, 0.1) is 0 Å². The summed E-state index contributed by atoms with van der Waals surface area (Å²) in [7, 11) is 0. The fraction of sp³-hybridized carbons (Fsp3) is 0.125. The van der Waals surface area contributed by atoms with E-state index in [1.54, 1.807) is 0 Å². The molecule has 0 fully saturated rings. The maximum atomic E-state index is 4.53. The van der Waals surface area contributed by atoms with Crippen molar-refractivity contribution >= 4 is 38.0 Å². The molecule has 0 saturated carbocycles. The van der Waals surface area contributed by atoms with Gasteiger partial charge in [-0.25, -0.2) is 0 Å². The minimum absolute atomic E-state index is 1.14. The van der Waals surface area contributed by atoms with E-state index in [4.69, 9.17) is 0 Å². The fourth-order valence-corrected chi connectivity index (χ4v) is 15.5. The molecule has 0 spiro atoms. The molecule has 0 amide bonds. The van der Waals surface area contributed by atoms with E-state index in [0.29, 0.717) is 0 Å². The molecular weight excluding hydrogens is 370 g/mol. The Bertz CT molecular complexity index is 591.